The molecule has 0 fully saturated rings. The minimum atomic E-state index is -1.18. The molecule has 0 radical (unpaired) electrons. The molecule has 0 N–H and O–H groups in total. The lowest BCUT2D eigenvalue weighted by molar-refractivity contribution is -0.125. The van der Waals surface area contributed by atoms with Crippen LogP contribution in [0.15, 0.2) is 54.6 Å². The van der Waals surface area contributed by atoms with Crippen molar-refractivity contribution in [3.8, 4) is 11.1 Å². The van der Waals surface area contributed by atoms with Gasteiger partial charge in [-0.25, -0.2) is 0 Å². The molecular formula is C17H19NO2S. The number of carbonyl (C=O) groups excluding carboxylic acids is 1. The summed E-state index contributed by atoms with van der Waals surface area (Å²) in [5.74, 6) is 0.371. The Balaban J connectivity index is 2.08. The first kappa shape index (κ1) is 15.4. The van der Waals surface area contributed by atoms with E-state index >= 15 is 0 Å². The monoisotopic (exact) mass is 301 g/mol. The molecule has 110 valence electrons. The average molecular weight is 301 g/mol. The first-order chi connectivity index (χ1) is 10.1. The zero-order chi connectivity index (χ0) is 15.2. The molecule has 3 nitrogen and oxygen atoms in total. The lowest BCUT2D eigenvalue weighted by Crippen LogP contribution is -2.27. The second-order valence-corrected chi connectivity index (χ2v) is 6.54. The Morgan fingerprint density at radius 2 is 1.67 bits per heavy atom. The van der Waals surface area contributed by atoms with E-state index < -0.39 is 10.8 Å². The Morgan fingerprint density at radius 1 is 1.00 bits per heavy atom. The maximum absolute atomic E-state index is 12.0. The van der Waals surface area contributed by atoms with Crippen LogP contribution in [0.4, 0.5) is 0 Å². The summed E-state index contributed by atoms with van der Waals surface area (Å²) in [6.07, 6.45) is 0. The molecule has 0 saturated carbocycles. The van der Waals surface area contributed by atoms with E-state index in [1.54, 1.807) is 14.1 Å². The molecule has 0 aliphatic heterocycles. The molecule has 1 atom stereocenters. The topological polar surface area (TPSA) is 37.4 Å². The Morgan fingerprint density at radius 3 is 2.33 bits per heavy atom. The van der Waals surface area contributed by atoms with Crippen LogP contribution in [-0.2, 0) is 21.3 Å². The highest BCUT2D eigenvalue weighted by atomic mass is 32.2. The van der Waals surface area contributed by atoms with Gasteiger partial charge in [-0.3, -0.25) is 9.00 Å². The summed E-state index contributed by atoms with van der Waals surface area (Å²) in [7, 11) is 2.17. The smallest absolute Gasteiger partial charge is 0.234 e. The Kier molecular flexibility index (Phi) is 5.28. The standard InChI is InChI=1S/C17H19NO2S/c1-18(2)17(19)13-21(20)12-14-7-6-10-16(11-14)15-8-4-3-5-9-15/h3-11H,12-13H2,1-2H3. The number of carbonyl (C=O) groups is 1. The fraction of sp³-hybridized carbons (Fsp3) is 0.235. The molecule has 0 saturated heterocycles. The third kappa shape index (κ3) is 4.53. The third-order valence-electron chi connectivity index (χ3n) is 3.15. The van der Waals surface area contributed by atoms with E-state index in [9.17, 15) is 9.00 Å². The van der Waals surface area contributed by atoms with Crippen molar-refractivity contribution in [3.63, 3.8) is 0 Å². The van der Waals surface area contributed by atoms with Gasteiger partial charge < -0.3 is 4.90 Å². The predicted octanol–water partition coefficient (Wildman–Crippen LogP) is 2.69. The van der Waals surface area contributed by atoms with Crippen LogP contribution >= 0.6 is 0 Å². The summed E-state index contributed by atoms with van der Waals surface area (Å²) in [6, 6.07) is 18.0. The lowest BCUT2D eigenvalue weighted by Gasteiger charge is -2.10. The van der Waals surface area contributed by atoms with Crippen LogP contribution in [0.1, 0.15) is 5.56 Å². The molecule has 0 aromatic heterocycles. The van der Waals surface area contributed by atoms with Crippen LogP contribution in [0.2, 0.25) is 0 Å². The molecule has 0 heterocycles. The van der Waals surface area contributed by atoms with E-state index in [1.165, 1.54) is 4.90 Å². The van der Waals surface area contributed by atoms with Crippen molar-refractivity contribution < 1.29 is 9.00 Å². The van der Waals surface area contributed by atoms with E-state index in [0.717, 1.165) is 16.7 Å². The third-order valence-corrected chi connectivity index (χ3v) is 4.37. The SMILES string of the molecule is CN(C)C(=O)CS(=O)Cc1cccc(-c2ccccc2)c1. The molecule has 0 spiro atoms. The van der Waals surface area contributed by atoms with Gasteiger partial charge in [0.2, 0.25) is 5.91 Å². The maximum Gasteiger partial charge on any atom is 0.234 e. The first-order valence-electron chi connectivity index (χ1n) is 6.76. The van der Waals surface area contributed by atoms with Crippen LogP contribution in [0.25, 0.3) is 11.1 Å². The second-order valence-electron chi connectivity index (χ2n) is 5.08. The fourth-order valence-electron chi connectivity index (χ4n) is 1.98. The van der Waals surface area contributed by atoms with Crippen LogP contribution in [0.3, 0.4) is 0 Å². The zero-order valence-corrected chi connectivity index (χ0v) is 13.1. The quantitative estimate of drug-likeness (QED) is 0.851. The molecule has 0 bridgehead atoms. The van der Waals surface area contributed by atoms with Crippen molar-refractivity contribution >= 4 is 16.7 Å². The van der Waals surface area contributed by atoms with Crippen molar-refractivity contribution in [2.24, 2.45) is 0 Å². The number of hydrogen-bond donors (Lipinski definition) is 0. The highest BCUT2D eigenvalue weighted by molar-refractivity contribution is 7.84. The van der Waals surface area contributed by atoms with Crippen LogP contribution in [0.5, 0.6) is 0 Å². The number of hydrogen-bond acceptors (Lipinski definition) is 2. The van der Waals surface area contributed by atoms with Crippen LogP contribution < -0.4 is 0 Å². The summed E-state index contributed by atoms with van der Waals surface area (Å²) >= 11 is 0. The van der Waals surface area contributed by atoms with Gasteiger partial charge in [-0.05, 0) is 16.7 Å². The van der Waals surface area contributed by atoms with Gasteiger partial charge in [0.15, 0.2) is 0 Å². The van der Waals surface area contributed by atoms with Crippen LogP contribution in [-0.4, -0.2) is 34.9 Å². The predicted molar refractivity (Wildman–Crippen MR) is 87.3 cm³/mol. The van der Waals surface area contributed by atoms with Crippen molar-refractivity contribution in [2.45, 2.75) is 5.75 Å². The summed E-state index contributed by atoms with van der Waals surface area (Å²) in [5.41, 5.74) is 3.22. The van der Waals surface area contributed by atoms with Crippen molar-refractivity contribution in [3.05, 3.63) is 60.2 Å². The highest BCUT2D eigenvalue weighted by Crippen LogP contribution is 2.20. The normalized spacial score (nSPS) is 11.9. The van der Waals surface area contributed by atoms with Crippen LogP contribution in [0, 0.1) is 0 Å². The zero-order valence-electron chi connectivity index (χ0n) is 12.3. The van der Waals surface area contributed by atoms with Crippen molar-refractivity contribution in [1.82, 2.24) is 4.90 Å². The molecule has 4 heteroatoms. The number of benzene rings is 2. The summed E-state index contributed by atoms with van der Waals surface area (Å²) in [5, 5.41) is 0. The second kappa shape index (κ2) is 7.18. The largest absolute Gasteiger partial charge is 0.348 e. The Hall–Kier alpha value is -1.94. The lowest BCUT2D eigenvalue weighted by atomic mass is 10.0. The van der Waals surface area contributed by atoms with Gasteiger partial charge in [-0.1, -0.05) is 54.6 Å². The van der Waals surface area contributed by atoms with Gasteiger partial charge >= 0.3 is 0 Å². The Labute approximate surface area is 128 Å². The minimum absolute atomic E-state index is 0.0720. The molecule has 21 heavy (non-hydrogen) atoms. The van der Waals surface area contributed by atoms with E-state index in [4.69, 9.17) is 0 Å². The van der Waals surface area contributed by atoms with Gasteiger partial charge in [0.1, 0.15) is 5.75 Å². The van der Waals surface area contributed by atoms with Gasteiger partial charge in [0, 0.05) is 30.6 Å². The molecular weight excluding hydrogens is 282 g/mol. The van der Waals surface area contributed by atoms with Gasteiger partial charge in [-0.2, -0.15) is 0 Å². The minimum Gasteiger partial charge on any atom is -0.348 e. The molecule has 2 aromatic rings. The number of amides is 1. The molecule has 0 aliphatic carbocycles. The number of nitrogens with zero attached hydrogens (tertiary/aromatic N) is 1. The molecule has 1 unspecified atom stereocenters. The van der Waals surface area contributed by atoms with Gasteiger partial charge in [0.05, 0.1) is 0 Å². The Bertz CT molecular complexity index is 638. The molecule has 2 aromatic carbocycles. The van der Waals surface area contributed by atoms with E-state index in [2.05, 4.69) is 0 Å². The van der Waals surface area contributed by atoms with Gasteiger partial charge in [-0.15, -0.1) is 0 Å². The molecule has 1 amide bonds. The van der Waals surface area contributed by atoms with Crippen molar-refractivity contribution in [2.75, 3.05) is 19.8 Å². The van der Waals surface area contributed by atoms with Gasteiger partial charge in [0.25, 0.3) is 0 Å². The summed E-state index contributed by atoms with van der Waals surface area (Å²) in [4.78, 5) is 13.0. The average Bonchev–Trinajstić information content (AvgIpc) is 2.48. The molecule has 0 aliphatic rings. The first-order valence-corrected chi connectivity index (χ1v) is 8.24. The summed E-state index contributed by atoms with van der Waals surface area (Å²) < 4.78 is 12.0. The maximum atomic E-state index is 12.0. The number of rotatable bonds is 5. The highest BCUT2D eigenvalue weighted by Gasteiger charge is 2.10. The summed E-state index contributed by atoms with van der Waals surface area (Å²) in [6.45, 7) is 0. The van der Waals surface area contributed by atoms with E-state index in [-0.39, 0.29) is 11.7 Å². The van der Waals surface area contributed by atoms with E-state index in [0.29, 0.717) is 5.75 Å². The van der Waals surface area contributed by atoms with E-state index in [1.807, 2.05) is 54.6 Å². The fourth-order valence-corrected chi connectivity index (χ4v) is 3.16. The molecule has 2 rings (SSSR count). The van der Waals surface area contributed by atoms with Crippen molar-refractivity contribution in [1.29, 1.82) is 0 Å².